The van der Waals surface area contributed by atoms with Crippen LogP contribution in [0.5, 0.6) is 11.5 Å². The maximum Gasteiger partial charge on any atom is 0.472 e. The van der Waals surface area contributed by atoms with Gasteiger partial charge in [0.2, 0.25) is 5.60 Å². The molecule has 15 nitrogen and oxygen atoms in total. The second kappa shape index (κ2) is 23.8. The minimum absolute atomic E-state index is 0.169. The van der Waals surface area contributed by atoms with Gasteiger partial charge in [0.1, 0.15) is 66.5 Å². The highest BCUT2D eigenvalue weighted by Crippen LogP contribution is 2.52. The molecule has 0 radical (unpaired) electrons. The van der Waals surface area contributed by atoms with Gasteiger partial charge in [0, 0.05) is 6.07 Å². The minimum Gasteiger partial charge on any atom is -0.489 e. The highest BCUT2D eigenvalue weighted by atomic mass is 31.2. The third kappa shape index (κ3) is 14.1. The van der Waals surface area contributed by atoms with Crippen molar-refractivity contribution in [1.29, 1.82) is 10.5 Å². The number of phosphoric ester groups is 1. The molecular weight excluding hydrogens is 812 g/mol. The average molecular weight is 881 g/mol. The number of ether oxygens (including phenoxy) is 5. The maximum atomic E-state index is 13.5. The zero-order chi connectivity index (χ0) is 44.6. The Hall–Kier alpha value is -3.79. The van der Waals surface area contributed by atoms with Crippen molar-refractivity contribution in [2.24, 2.45) is 0 Å². The molecule has 3 N–H and O–H groups in total. The van der Waals surface area contributed by atoms with Gasteiger partial charge >= 0.3 is 7.82 Å². The van der Waals surface area contributed by atoms with E-state index >= 15 is 0 Å². The van der Waals surface area contributed by atoms with Crippen LogP contribution in [-0.2, 0) is 27.8 Å². The lowest BCUT2D eigenvalue weighted by molar-refractivity contribution is -0.204. The van der Waals surface area contributed by atoms with E-state index in [1.165, 1.54) is 89.8 Å². The summed E-state index contributed by atoms with van der Waals surface area (Å²) in [6, 6.07) is 12.7. The number of hydrogen-bond donors (Lipinski definition) is 2. The largest absolute Gasteiger partial charge is 0.489 e. The van der Waals surface area contributed by atoms with Gasteiger partial charge in [-0.15, -0.1) is 0 Å². The van der Waals surface area contributed by atoms with E-state index in [1.807, 2.05) is 13.8 Å². The normalized spacial score (nSPS) is 22.0. The van der Waals surface area contributed by atoms with Gasteiger partial charge in [-0.05, 0) is 64.8 Å². The predicted octanol–water partition coefficient (Wildman–Crippen LogP) is 10.4. The zero-order valence-corrected chi connectivity index (χ0v) is 38.4. The van der Waals surface area contributed by atoms with Gasteiger partial charge < -0.3 is 34.3 Å². The SMILES string of the molecule is CCCCCCCCCCCCCCCCCCC[C@H](COP(=O)(O)OC[C@@]1(C#N)O[C@@H](c2ccc3c(N)ncnn23)[C@@H]2OC(C)(C)O[C@@H]21)Oc1ccc(C#N)c(OC(C)C)c1. The Balaban J connectivity index is 1.14. The number of nitriles is 2. The topological polar surface area (TPSA) is 206 Å². The first-order chi connectivity index (χ1) is 29.8. The van der Waals surface area contributed by atoms with Crippen LogP contribution < -0.4 is 15.2 Å². The minimum atomic E-state index is -4.79. The first kappa shape index (κ1) is 49.2. The number of benzene rings is 1. The first-order valence-corrected chi connectivity index (χ1v) is 24.3. The van der Waals surface area contributed by atoms with E-state index in [0.29, 0.717) is 34.7 Å². The molecule has 0 spiro atoms. The Bertz CT molecular complexity index is 1980. The summed E-state index contributed by atoms with van der Waals surface area (Å²) < 4.78 is 57.1. The Morgan fingerprint density at radius 2 is 1.50 bits per heavy atom. The summed E-state index contributed by atoms with van der Waals surface area (Å²) in [5, 5.41) is 24.5. The van der Waals surface area contributed by atoms with Gasteiger partial charge in [0.25, 0.3) is 0 Å². The van der Waals surface area contributed by atoms with Crippen LogP contribution in [0, 0.1) is 22.7 Å². The summed E-state index contributed by atoms with van der Waals surface area (Å²) in [4.78, 5) is 15.1. The van der Waals surface area contributed by atoms with Crippen molar-refractivity contribution in [2.75, 3.05) is 18.9 Å². The molecular formula is C46H69N6O9P. The van der Waals surface area contributed by atoms with Crippen molar-refractivity contribution in [3.05, 3.63) is 47.9 Å². The van der Waals surface area contributed by atoms with Crippen molar-refractivity contribution in [2.45, 2.75) is 192 Å². The van der Waals surface area contributed by atoms with Crippen molar-refractivity contribution in [1.82, 2.24) is 14.6 Å². The molecule has 0 aliphatic carbocycles. The molecule has 62 heavy (non-hydrogen) atoms. The Morgan fingerprint density at radius 1 is 0.871 bits per heavy atom. The number of unbranched alkanes of at least 4 members (excludes halogenated alkanes) is 16. The van der Waals surface area contributed by atoms with Crippen molar-refractivity contribution in [3.63, 3.8) is 0 Å². The predicted molar refractivity (Wildman–Crippen MR) is 235 cm³/mol. The fourth-order valence-corrected chi connectivity index (χ4v) is 9.05. The van der Waals surface area contributed by atoms with Gasteiger partial charge in [-0.25, -0.2) is 14.1 Å². The smallest absolute Gasteiger partial charge is 0.472 e. The monoisotopic (exact) mass is 880 g/mol. The van der Waals surface area contributed by atoms with Crippen LogP contribution in [0.4, 0.5) is 5.82 Å². The first-order valence-electron chi connectivity index (χ1n) is 22.8. The molecule has 342 valence electrons. The molecule has 0 bridgehead atoms. The van der Waals surface area contributed by atoms with Crippen LogP contribution in [0.2, 0.25) is 0 Å². The number of nitrogen functional groups attached to an aromatic ring is 1. The second-order valence-corrected chi connectivity index (χ2v) is 18.9. The molecule has 16 heteroatoms. The van der Waals surface area contributed by atoms with Crippen LogP contribution in [0.1, 0.15) is 168 Å². The van der Waals surface area contributed by atoms with Gasteiger partial charge in [-0.2, -0.15) is 15.6 Å². The molecule has 4 heterocycles. The number of phosphoric acid groups is 1. The zero-order valence-electron chi connectivity index (χ0n) is 37.5. The molecule has 2 aliphatic rings. The summed E-state index contributed by atoms with van der Waals surface area (Å²) in [6.07, 6.45) is 19.7. The molecule has 1 aromatic carbocycles. The highest BCUT2D eigenvalue weighted by Gasteiger charge is 2.65. The molecule has 0 amide bonds. The van der Waals surface area contributed by atoms with Crippen LogP contribution >= 0.6 is 7.82 Å². The lowest BCUT2D eigenvalue weighted by atomic mass is 9.96. The van der Waals surface area contributed by atoms with Crippen molar-refractivity contribution in [3.8, 4) is 23.6 Å². The van der Waals surface area contributed by atoms with E-state index < -0.39 is 50.2 Å². The van der Waals surface area contributed by atoms with Gasteiger partial charge in [0.15, 0.2) is 11.6 Å². The maximum absolute atomic E-state index is 13.5. The number of aromatic nitrogens is 3. The summed E-state index contributed by atoms with van der Waals surface area (Å²) in [6.45, 7) is 8.49. The molecule has 5 rings (SSSR count). The van der Waals surface area contributed by atoms with Crippen LogP contribution in [0.15, 0.2) is 36.7 Å². The fraction of sp³-hybridized carbons (Fsp3) is 0.696. The summed E-state index contributed by atoms with van der Waals surface area (Å²) in [5.41, 5.74) is 5.65. The van der Waals surface area contributed by atoms with Crippen LogP contribution in [-0.4, -0.2) is 68.5 Å². The molecule has 0 saturated carbocycles. The fourth-order valence-electron chi connectivity index (χ4n) is 8.26. The molecule has 2 saturated heterocycles. The quantitative estimate of drug-likeness (QED) is 0.0492. The summed E-state index contributed by atoms with van der Waals surface area (Å²) >= 11 is 0. The third-order valence-electron chi connectivity index (χ3n) is 11.5. The van der Waals surface area contributed by atoms with E-state index in [-0.39, 0.29) is 18.5 Å². The Morgan fingerprint density at radius 3 is 2.10 bits per heavy atom. The van der Waals surface area contributed by atoms with Crippen LogP contribution in [0.3, 0.4) is 0 Å². The number of anilines is 1. The number of hydrogen-bond acceptors (Lipinski definition) is 13. The van der Waals surface area contributed by atoms with Crippen molar-refractivity contribution >= 4 is 19.2 Å². The summed E-state index contributed by atoms with van der Waals surface area (Å²) in [5.74, 6) is -0.0231. The van der Waals surface area contributed by atoms with Crippen LogP contribution in [0.25, 0.3) is 5.52 Å². The molecule has 2 fully saturated rings. The molecule has 6 atom stereocenters. The highest BCUT2D eigenvalue weighted by molar-refractivity contribution is 7.47. The van der Waals surface area contributed by atoms with Gasteiger partial charge in [0.05, 0.1) is 24.0 Å². The van der Waals surface area contributed by atoms with Crippen molar-refractivity contribution < 1.29 is 42.2 Å². The third-order valence-corrected chi connectivity index (χ3v) is 12.4. The molecule has 2 aliphatic heterocycles. The molecule has 1 unspecified atom stereocenters. The number of fused-ring (bicyclic) bond motifs is 2. The van der Waals surface area contributed by atoms with E-state index in [4.69, 9.17) is 38.5 Å². The van der Waals surface area contributed by atoms with E-state index in [1.54, 1.807) is 48.7 Å². The number of nitrogens with two attached hydrogens (primary N) is 1. The summed E-state index contributed by atoms with van der Waals surface area (Å²) in [7, 11) is -4.79. The molecule has 3 aromatic rings. The standard InChI is InChI=1S/C46H69N6O9P/c1-6-7-8-9-10-11-12-13-14-15-16-17-18-19-20-21-22-23-37(58-36-25-24-35(29-47)40(28-36)57-34(2)3)30-55-62(53,54)56-32-46(31-48)43-42(59-45(4,5)61-43)41(60-46)38-26-27-39-44(49)50-33-51-52(38)39/h24-28,33-34,37,41-43H,6-23,30,32H2,1-5H3,(H,53,54)(H2,49,50,51)/t37-,41+,42+,43+,46-/m1/s1. The van der Waals surface area contributed by atoms with E-state index in [0.717, 1.165) is 25.7 Å². The Kier molecular flexibility index (Phi) is 18.9. The number of nitrogens with zero attached hydrogens (tertiary/aromatic N) is 5. The molecule has 2 aromatic heterocycles. The lowest BCUT2D eigenvalue weighted by Gasteiger charge is -2.29. The van der Waals surface area contributed by atoms with E-state index in [2.05, 4.69) is 29.1 Å². The lowest BCUT2D eigenvalue weighted by Crippen LogP contribution is -2.45. The second-order valence-electron chi connectivity index (χ2n) is 17.4. The average Bonchev–Trinajstić information content (AvgIpc) is 3.90. The van der Waals surface area contributed by atoms with E-state index in [9.17, 15) is 20.0 Å². The van der Waals surface area contributed by atoms with Gasteiger partial charge in [-0.3, -0.25) is 9.05 Å². The Labute approximate surface area is 368 Å². The number of rotatable bonds is 29. The van der Waals surface area contributed by atoms with Gasteiger partial charge in [-0.1, -0.05) is 110 Å².